The molecule has 4 atom stereocenters. The number of ether oxygens (including phenoxy) is 4. The van der Waals surface area contributed by atoms with Gasteiger partial charge in [0.05, 0.1) is 26.4 Å². The fourth-order valence-corrected chi connectivity index (χ4v) is 13.9. The van der Waals surface area contributed by atoms with Gasteiger partial charge in [-0.3, -0.25) is 42.2 Å². The molecule has 0 rings (SSSR count). The SMILES string of the molecule is C=CCCCCCCCCC(N)=O.CCCCCCCCCCCCCOC(=O)C(CC(=O)[O-])S(=O)(=O)O.CCCCCCCCCCCCCOC(=O)C(CC(=O)[O-])S(=O)(=O)O.CCCCCCCCCCCCCOC(=O)C(CC(=O)[O-])S(=O)(=O)O.CCCCCCCCCCCCCOC(=O)C(CC(=O)[O-])S(=O)(=O)O.[Na+].[Na+].[Na+].[Na+]. The van der Waals surface area contributed by atoms with Crippen LogP contribution in [-0.4, -0.2) is 153 Å². The number of carbonyl (C=O) groups is 9. The molecule has 0 saturated heterocycles. The first-order valence-electron chi connectivity index (χ1n) is 41.6. The average Bonchev–Trinajstić information content (AvgIpc) is 0.882. The van der Waals surface area contributed by atoms with Crippen LogP contribution in [0.2, 0.25) is 0 Å². The zero-order valence-corrected chi connectivity index (χ0v) is 84.0. The van der Waals surface area contributed by atoms with E-state index in [0.29, 0.717) is 32.1 Å². The Kier molecular flexibility index (Phi) is 105. The van der Waals surface area contributed by atoms with Gasteiger partial charge in [0.2, 0.25) is 5.91 Å². The molecule has 0 aliphatic heterocycles. The summed E-state index contributed by atoms with van der Waals surface area (Å²) in [4.78, 5) is 98.4. The predicted molar refractivity (Wildman–Crippen MR) is 426 cm³/mol. The quantitative estimate of drug-likeness (QED) is 0.0131. The third kappa shape index (κ3) is 99.9. The van der Waals surface area contributed by atoms with Crippen LogP contribution in [-0.2, 0) is 103 Å². The van der Waals surface area contributed by atoms with Crippen LogP contribution in [0.4, 0.5) is 0 Å². The van der Waals surface area contributed by atoms with Crippen LogP contribution in [0.25, 0.3) is 0 Å². The molecule has 0 spiro atoms. The zero-order chi connectivity index (χ0) is 86.5. The Balaban J connectivity index is -0.000000179. The minimum Gasteiger partial charge on any atom is -0.550 e. The fourth-order valence-electron chi connectivity index (χ4n) is 11.3. The summed E-state index contributed by atoms with van der Waals surface area (Å²) >= 11 is 0. The standard InChI is InChI=1S/4C17H32O7S.C11H21NO.4Na/c4*1-2-3-4-5-6-7-8-9-10-11-12-13-24-17(20)15(14-16(18)19)25(21,22)23;1-2-3-4-5-6-7-8-9-10-11(12)13;;;;/h4*15H,2-14H2,1H3,(H,18,19)(H,21,22,23);2H,1,3-10H2,(H2,12,13);;;;/q;;;;;4*+1/p-4. The number of allylic oxidation sites excluding steroid dienone is 1. The molecule has 1 amide bonds. The normalized spacial score (nSPS) is 12.0. The van der Waals surface area contributed by atoms with Crippen molar-refractivity contribution in [2.75, 3.05) is 26.4 Å². The second-order valence-electron chi connectivity index (χ2n) is 28.5. The van der Waals surface area contributed by atoms with Crippen molar-refractivity contribution >= 4 is 94.1 Å². The number of esters is 4. The number of amides is 1. The van der Waals surface area contributed by atoms with Gasteiger partial charge < -0.3 is 64.3 Å². The summed E-state index contributed by atoms with van der Waals surface area (Å²) in [5.74, 6) is -12.1. The summed E-state index contributed by atoms with van der Waals surface area (Å²) in [6.45, 7) is 12.5. The summed E-state index contributed by atoms with van der Waals surface area (Å²) in [5.41, 5.74) is 5.02. The first kappa shape index (κ1) is 134. The van der Waals surface area contributed by atoms with Gasteiger partial charge in [-0.15, -0.1) is 6.58 Å². The Morgan fingerprint density at radius 3 is 0.564 bits per heavy atom. The molecular formula is C79H145NNa4O29S4. The van der Waals surface area contributed by atoms with Crippen LogP contribution in [0.5, 0.6) is 0 Å². The molecule has 30 nitrogen and oxygen atoms in total. The third-order valence-electron chi connectivity index (χ3n) is 17.9. The maximum atomic E-state index is 11.6. The van der Waals surface area contributed by atoms with Gasteiger partial charge in [-0.2, -0.15) is 33.7 Å². The monoisotopic (exact) mass is 1790 g/mol. The molecule has 0 radical (unpaired) electrons. The maximum Gasteiger partial charge on any atom is 1.00 e. The second-order valence-corrected chi connectivity index (χ2v) is 34.9. The van der Waals surface area contributed by atoms with Crippen LogP contribution < -0.4 is 144 Å². The topological polar surface area (TPSA) is 526 Å². The maximum absolute atomic E-state index is 11.6. The van der Waals surface area contributed by atoms with Crippen molar-refractivity contribution in [2.45, 2.75) is 408 Å². The first-order chi connectivity index (χ1) is 53.4. The largest absolute Gasteiger partial charge is 1.00 e. The molecule has 0 saturated carbocycles. The van der Waals surface area contributed by atoms with E-state index < -0.39 is 135 Å². The number of hydrogen-bond acceptors (Lipinski definition) is 25. The summed E-state index contributed by atoms with van der Waals surface area (Å²) in [6, 6.07) is 0. The van der Waals surface area contributed by atoms with Gasteiger partial charge in [0.1, 0.15) is 0 Å². The fraction of sp³-hybridized carbons (Fsp3) is 0.861. The smallest absolute Gasteiger partial charge is 0.550 e. The van der Waals surface area contributed by atoms with Crippen molar-refractivity contribution < 1.29 is 253 Å². The molecule has 0 aliphatic carbocycles. The van der Waals surface area contributed by atoms with E-state index in [1.165, 1.54) is 205 Å². The Hall–Kier alpha value is -1.39. The van der Waals surface area contributed by atoms with Crippen LogP contribution in [0.3, 0.4) is 0 Å². The zero-order valence-electron chi connectivity index (χ0n) is 72.7. The molecule has 668 valence electrons. The number of unbranched alkanes of at least 4 members (excludes halogenated alkanes) is 46. The molecule has 0 aromatic heterocycles. The van der Waals surface area contributed by atoms with E-state index in [1.54, 1.807) is 0 Å². The van der Waals surface area contributed by atoms with Crippen molar-refractivity contribution in [3.8, 4) is 0 Å². The van der Waals surface area contributed by atoms with Gasteiger partial charge in [0.15, 0.2) is 21.0 Å². The van der Waals surface area contributed by atoms with E-state index in [0.717, 1.165) is 96.3 Å². The van der Waals surface area contributed by atoms with Gasteiger partial charge in [-0.1, -0.05) is 316 Å². The summed E-state index contributed by atoms with van der Waals surface area (Å²) in [5, 5.41) is 33.3. The minimum absolute atomic E-state index is 0. The number of hydrogen-bond donors (Lipinski definition) is 5. The van der Waals surface area contributed by atoms with Crippen molar-refractivity contribution in [1.29, 1.82) is 0 Å². The average molecular weight is 1790 g/mol. The molecule has 0 aromatic rings. The van der Waals surface area contributed by atoms with Crippen molar-refractivity contribution in [1.82, 2.24) is 0 Å². The van der Waals surface area contributed by atoms with E-state index in [9.17, 15) is 97.2 Å². The molecule has 6 N–H and O–H groups in total. The summed E-state index contributed by atoms with van der Waals surface area (Å²) < 4.78 is 142. The molecule has 117 heavy (non-hydrogen) atoms. The van der Waals surface area contributed by atoms with Gasteiger partial charge in [-0.25, -0.2) is 0 Å². The summed E-state index contributed by atoms with van der Waals surface area (Å²) in [6.07, 6.45) is 55.9. The molecule has 0 heterocycles. The number of carbonyl (C=O) groups excluding carboxylic acids is 9. The Morgan fingerprint density at radius 1 is 0.282 bits per heavy atom. The van der Waals surface area contributed by atoms with Gasteiger partial charge >= 0.3 is 142 Å². The van der Waals surface area contributed by atoms with Gasteiger partial charge in [-0.05, 0) is 44.9 Å². The van der Waals surface area contributed by atoms with Crippen molar-refractivity contribution in [3.05, 3.63) is 12.7 Å². The molecule has 0 aliphatic rings. The van der Waals surface area contributed by atoms with E-state index in [-0.39, 0.29) is 151 Å². The van der Waals surface area contributed by atoms with Gasteiger partial charge in [0, 0.05) is 56.0 Å². The molecule has 0 bridgehead atoms. The van der Waals surface area contributed by atoms with E-state index >= 15 is 0 Å². The number of nitrogens with two attached hydrogens (primary N) is 1. The van der Waals surface area contributed by atoms with Crippen molar-refractivity contribution in [3.63, 3.8) is 0 Å². The first-order valence-corrected chi connectivity index (χ1v) is 47.6. The minimum atomic E-state index is -4.82. The number of carboxylic acids is 4. The van der Waals surface area contributed by atoms with Crippen molar-refractivity contribution in [2.24, 2.45) is 5.73 Å². The predicted octanol–water partition coefficient (Wildman–Crippen LogP) is -0.258. The number of primary amides is 1. The van der Waals surface area contributed by atoms with E-state index in [1.807, 2.05) is 6.08 Å². The Bertz CT molecular complexity index is 2590. The third-order valence-corrected chi connectivity index (χ3v) is 22.3. The Labute approximate surface area is 791 Å². The Morgan fingerprint density at radius 2 is 0.427 bits per heavy atom. The van der Waals surface area contributed by atoms with Crippen LogP contribution in [0.15, 0.2) is 12.7 Å². The van der Waals surface area contributed by atoms with E-state index in [2.05, 4.69) is 34.3 Å². The molecule has 0 fully saturated rings. The number of rotatable bonds is 73. The number of carboxylic acid groups (broad SMARTS) is 4. The van der Waals surface area contributed by atoms with Gasteiger partial charge in [0.25, 0.3) is 40.5 Å². The summed E-state index contributed by atoms with van der Waals surface area (Å²) in [7, 11) is -19.3. The molecule has 4 unspecified atom stereocenters. The van der Waals surface area contributed by atoms with E-state index in [4.69, 9.17) is 42.9 Å². The molecular weight excluding hydrogens is 1650 g/mol. The second kappa shape index (κ2) is 92.3. The van der Waals surface area contributed by atoms with Crippen LogP contribution in [0.1, 0.15) is 387 Å². The van der Waals surface area contributed by atoms with Crippen LogP contribution in [0, 0.1) is 0 Å². The molecule has 38 heteroatoms. The molecule has 0 aromatic carbocycles. The van der Waals surface area contributed by atoms with Crippen LogP contribution >= 0.6 is 0 Å². The number of aliphatic carboxylic acids is 4.